The van der Waals surface area contributed by atoms with E-state index in [0.717, 1.165) is 28.5 Å². The van der Waals surface area contributed by atoms with Crippen LogP contribution in [0.3, 0.4) is 0 Å². The molecule has 2 saturated carbocycles. The number of hydrogen-bond donors (Lipinski definition) is 1. The molecule has 0 radical (unpaired) electrons. The fourth-order valence-electron chi connectivity index (χ4n) is 4.28. The van der Waals surface area contributed by atoms with Crippen LogP contribution in [0.4, 0.5) is 0 Å². The average molecular weight is 271 g/mol. The lowest BCUT2D eigenvalue weighted by atomic mass is 9.84. The quantitative estimate of drug-likeness (QED) is 0.888. The number of carbonyl (C=O) groups is 1. The van der Waals surface area contributed by atoms with Crippen LogP contribution < -0.4 is 5.32 Å². The Bertz CT molecular complexity index is 522. The van der Waals surface area contributed by atoms with E-state index in [2.05, 4.69) is 18.3 Å². The SMILES string of the molecule is Cc1ccc(C)c(C(=O)N[C@H](C)[C@H]2C[C@H]3CC[C@H]2C3)c1. The number of nitrogens with one attached hydrogen (secondary N) is 1. The van der Waals surface area contributed by atoms with Gasteiger partial charge >= 0.3 is 0 Å². The molecule has 0 spiro atoms. The van der Waals surface area contributed by atoms with Crippen molar-refractivity contribution in [2.45, 2.75) is 52.5 Å². The molecule has 2 heteroatoms. The Morgan fingerprint density at radius 1 is 1.25 bits per heavy atom. The van der Waals surface area contributed by atoms with E-state index < -0.39 is 0 Å². The predicted octanol–water partition coefficient (Wildman–Crippen LogP) is 3.86. The molecule has 1 N–H and O–H groups in total. The van der Waals surface area contributed by atoms with Crippen molar-refractivity contribution in [1.82, 2.24) is 5.32 Å². The van der Waals surface area contributed by atoms with E-state index in [4.69, 9.17) is 0 Å². The number of benzene rings is 1. The topological polar surface area (TPSA) is 29.1 Å². The summed E-state index contributed by atoms with van der Waals surface area (Å²) in [5, 5.41) is 3.25. The molecular formula is C18H25NO. The highest BCUT2D eigenvalue weighted by atomic mass is 16.1. The Labute approximate surface area is 122 Å². The van der Waals surface area contributed by atoms with Gasteiger partial charge in [0.2, 0.25) is 0 Å². The molecule has 0 aromatic heterocycles. The molecule has 2 aliphatic rings. The molecule has 1 aromatic rings. The van der Waals surface area contributed by atoms with Gasteiger partial charge in [-0.3, -0.25) is 4.79 Å². The third-order valence-corrected chi connectivity index (χ3v) is 5.43. The van der Waals surface area contributed by atoms with Gasteiger partial charge < -0.3 is 5.32 Å². The van der Waals surface area contributed by atoms with Crippen LogP contribution in [0.25, 0.3) is 0 Å². The van der Waals surface area contributed by atoms with E-state index in [9.17, 15) is 4.79 Å². The van der Waals surface area contributed by atoms with Crippen LogP contribution in [0.15, 0.2) is 18.2 Å². The van der Waals surface area contributed by atoms with Crippen molar-refractivity contribution >= 4 is 5.91 Å². The van der Waals surface area contributed by atoms with E-state index >= 15 is 0 Å². The number of aryl methyl sites for hydroxylation is 2. The summed E-state index contributed by atoms with van der Waals surface area (Å²) >= 11 is 0. The maximum absolute atomic E-state index is 12.5. The summed E-state index contributed by atoms with van der Waals surface area (Å²) in [6, 6.07) is 6.40. The number of carbonyl (C=O) groups excluding carboxylic acids is 1. The molecule has 20 heavy (non-hydrogen) atoms. The Kier molecular flexibility index (Phi) is 3.57. The van der Waals surface area contributed by atoms with Crippen molar-refractivity contribution < 1.29 is 4.79 Å². The first-order valence-electron chi connectivity index (χ1n) is 7.92. The lowest BCUT2D eigenvalue weighted by Gasteiger charge is -2.28. The Balaban J connectivity index is 1.68. The molecular weight excluding hydrogens is 246 g/mol. The minimum absolute atomic E-state index is 0.0986. The molecule has 2 bridgehead atoms. The summed E-state index contributed by atoms with van der Waals surface area (Å²) in [4.78, 5) is 12.5. The number of amides is 1. The van der Waals surface area contributed by atoms with Crippen molar-refractivity contribution in [1.29, 1.82) is 0 Å². The summed E-state index contributed by atoms with van der Waals surface area (Å²) in [6.45, 7) is 6.24. The van der Waals surface area contributed by atoms with Crippen molar-refractivity contribution in [3.8, 4) is 0 Å². The molecule has 0 aliphatic heterocycles. The van der Waals surface area contributed by atoms with Crippen LogP contribution in [0, 0.1) is 31.6 Å². The van der Waals surface area contributed by atoms with E-state index in [1.165, 1.54) is 25.7 Å². The van der Waals surface area contributed by atoms with Gasteiger partial charge in [-0.2, -0.15) is 0 Å². The summed E-state index contributed by atoms with van der Waals surface area (Å²) in [7, 11) is 0. The molecule has 0 heterocycles. The molecule has 2 nitrogen and oxygen atoms in total. The summed E-state index contributed by atoms with van der Waals surface area (Å²) in [5.41, 5.74) is 3.04. The van der Waals surface area contributed by atoms with Gasteiger partial charge in [-0.25, -0.2) is 0 Å². The van der Waals surface area contributed by atoms with Crippen molar-refractivity contribution in [3.05, 3.63) is 34.9 Å². The van der Waals surface area contributed by atoms with Gasteiger partial charge in [0.25, 0.3) is 5.91 Å². The molecule has 0 saturated heterocycles. The van der Waals surface area contributed by atoms with Crippen LogP contribution >= 0.6 is 0 Å². The third-order valence-electron chi connectivity index (χ3n) is 5.43. The van der Waals surface area contributed by atoms with Gasteiger partial charge in [0.05, 0.1) is 0 Å². The van der Waals surface area contributed by atoms with Crippen LogP contribution in [0.2, 0.25) is 0 Å². The lowest BCUT2D eigenvalue weighted by Crippen LogP contribution is -2.40. The van der Waals surface area contributed by atoms with Crippen LogP contribution in [0.5, 0.6) is 0 Å². The summed E-state index contributed by atoms with van der Waals surface area (Å²) < 4.78 is 0. The highest BCUT2D eigenvalue weighted by molar-refractivity contribution is 5.96. The first-order chi connectivity index (χ1) is 9.54. The minimum atomic E-state index is 0.0986. The second-order valence-electron chi connectivity index (χ2n) is 6.92. The third kappa shape index (κ3) is 2.48. The highest BCUT2D eigenvalue weighted by Crippen LogP contribution is 2.49. The average Bonchev–Trinajstić information content (AvgIpc) is 3.03. The number of fused-ring (bicyclic) bond motifs is 2. The van der Waals surface area contributed by atoms with E-state index in [0.29, 0.717) is 12.0 Å². The first-order valence-corrected chi connectivity index (χ1v) is 7.92. The van der Waals surface area contributed by atoms with Gasteiger partial charge in [0, 0.05) is 11.6 Å². The summed E-state index contributed by atoms with van der Waals surface area (Å²) in [6.07, 6.45) is 5.51. The monoisotopic (exact) mass is 271 g/mol. The molecule has 108 valence electrons. The molecule has 3 rings (SSSR count). The highest BCUT2D eigenvalue weighted by Gasteiger charge is 2.42. The van der Waals surface area contributed by atoms with Gasteiger partial charge in [-0.05, 0) is 69.4 Å². The Morgan fingerprint density at radius 3 is 2.70 bits per heavy atom. The minimum Gasteiger partial charge on any atom is -0.349 e. The second kappa shape index (κ2) is 5.23. The number of rotatable bonds is 3. The van der Waals surface area contributed by atoms with Crippen LogP contribution in [-0.4, -0.2) is 11.9 Å². The van der Waals surface area contributed by atoms with E-state index in [1.54, 1.807) is 0 Å². The largest absolute Gasteiger partial charge is 0.349 e. The van der Waals surface area contributed by atoms with Crippen LogP contribution in [0.1, 0.15) is 54.1 Å². The normalized spacial score (nSPS) is 29.4. The fraction of sp³-hybridized carbons (Fsp3) is 0.611. The van der Waals surface area contributed by atoms with Gasteiger partial charge in [0.15, 0.2) is 0 Å². The Hall–Kier alpha value is -1.31. The zero-order valence-electron chi connectivity index (χ0n) is 12.8. The zero-order valence-corrected chi connectivity index (χ0v) is 12.8. The standard InChI is InChI=1S/C18H25NO/c1-11-4-5-12(2)16(8-11)18(20)19-13(3)17-10-14-6-7-15(17)9-14/h4-5,8,13-15,17H,6-7,9-10H2,1-3H3,(H,19,20)/t13-,14+,15+,17-/m1/s1. The molecule has 2 aliphatic carbocycles. The molecule has 1 amide bonds. The van der Waals surface area contributed by atoms with Crippen molar-refractivity contribution in [2.24, 2.45) is 17.8 Å². The maximum Gasteiger partial charge on any atom is 0.251 e. The van der Waals surface area contributed by atoms with Crippen LogP contribution in [-0.2, 0) is 0 Å². The van der Waals surface area contributed by atoms with Gasteiger partial charge in [0.1, 0.15) is 0 Å². The maximum atomic E-state index is 12.5. The fourth-order valence-corrected chi connectivity index (χ4v) is 4.28. The van der Waals surface area contributed by atoms with Crippen molar-refractivity contribution in [2.75, 3.05) is 0 Å². The summed E-state index contributed by atoms with van der Waals surface area (Å²) in [5.74, 6) is 2.59. The molecule has 2 fully saturated rings. The predicted molar refractivity (Wildman–Crippen MR) is 81.8 cm³/mol. The second-order valence-corrected chi connectivity index (χ2v) is 6.92. The van der Waals surface area contributed by atoms with Crippen molar-refractivity contribution in [3.63, 3.8) is 0 Å². The van der Waals surface area contributed by atoms with E-state index in [1.807, 2.05) is 26.0 Å². The Morgan fingerprint density at radius 2 is 2.05 bits per heavy atom. The molecule has 1 aromatic carbocycles. The first kappa shape index (κ1) is 13.7. The lowest BCUT2D eigenvalue weighted by molar-refractivity contribution is 0.0914. The van der Waals surface area contributed by atoms with E-state index in [-0.39, 0.29) is 5.91 Å². The smallest absolute Gasteiger partial charge is 0.251 e. The zero-order chi connectivity index (χ0) is 14.3. The number of hydrogen-bond acceptors (Lipinski definition) is 1. The van der Waals surface area contributed by atoms with Gasteiger partial charge in [-0.1, -0.05) is 24.1 Å². The van der Waals surface area contributed by atoms with Gasteiger partial charge in [-0.15, -0.1) is 0 Å². The molecule has 0 unspecified atom stereocenters. The molecule has 4 atom stereocenters.